The summed E-state index contributed by atoms with van der Waals surface area (Å²) in [5.41, 5.74) is 0.823. The quantitative estimate of drug-likeness (QED) is 0.667. The average Bonchev–Trinajstić information content (AvgIpc) is 2.54. The topological polar surface area (TPSA) is 81.5 Å². The molecule has 0 bridgehead atoms. The van der Waals surface area contributed by atoms with Gasteiger partial charge < -0.3 is 10.1 Å². The summed E-state index contributed by atoms with van der Waals surface area (Å²) < 4.78 is 4.92. The number of rotatable bonds is 5. The van der Waals surface area contributed by atoms with Gasteiger partial charge in [-0.15, -0.1) is 0 Å². The van der Waals surface area contributed by atoms with E-state index in [2.05, 4.69) is 5.32 Å². The smallest absolute Gasteiger partial charge is 0.311 e. The molecule has 0 fully saturated rings. The van der Waals surface area contributed by atoms with Crippen LogP contribution in [0.2, 0.25) is 5.02 Å². The van der Waals surface area contributed by atoms with Crippen molar-refractivity contribution >= 4 is 23.2 Å². The molecular weight excluding hydrogens is 320 g/mol. The van der Waals surface area contributed by atoms with Crippen molar-refractivity contribution in [1.82, 2.24) is 5.32 Å². The number of nitrogens with zero attached hydrogens (tertiary/aromatic N) is 1. The van der Waals surface area contributed by atoms with Gasteiger partial charge in [0.1, 0.15) is 0 Å². The van der Waals surface area contributed by atoms with Crippen LogP contribution >= 0.6 is 11.6 Å². The van der Waals surface area contributed by atoms with Crippen molar-refractivity contribution in [2.75, 3.05) is 7.11 Å². The maximum Gasteiger partial charge on any atom is 0.311 e. The summed E-state index contributed by atoms with van der Waals surface area (Å²) in [4.78, 5) is 22.7. The molecule has 120 valence electrons. The summed E-state index contributed by atoms with van der Waals surface area (Å²) >= 11 is 5.83. The Labute approximate surface area is 138 Å². The molecule has 1 N–H and O–H groups in total. The van der Waals surface area contributed by atoms with Crippen LogP contribution in [0.5, 0.6) is 5.75 Å². The lowest BCUT2D eigenvalue weighted by Crippen LogP contribution is -2.26. The maximum atomic E-state index is 12.3. The summed E-state index contributed by atoms with van der Waals surface area (Å²) in [6.45, 7) is 1.82. The monoisotopic (exact) mass is 334 g/mol. The summed E-state index contributed by atoms with van der Waals surface area (Å²) in [7, 11) is 1.34. The van der Waals surface area contributed by atoms with Crippen LogP contribution in [-0.4, -0.2) is 17.9 Å². The van der Waals surface area contributed by atoms with E-state index in [1.807, 2.05) is 19.1 Å². The molecule has 1 atom stereocenters. The Bertz CT molecular complexity index is 731. The van der Waals surface area contributed by atoms with Gasteiger partial charge in [-0.25, -0.2) is 0 Å². The first-order valence-corrected chi connectivity index (χ1v) is 7.19. The lowest BCUT2D eigenvalue weighted by Gasteiger charge is -2.14. The van der Waals surface area contributed by atoms with Crippen LogP contribution in [0.15, 0.2) is 42.5 Å². The van der Waals surface area contributed by atoms with Gasteiger partial charge in [0.25, 0.3) is 5.91 Å². The van der Waals surface area contributed by atoms with Gasteiger partial charge in [0.15, 0.2) is 5.75 Å². The Hall–Kier alpha value is -2.60. The fourth-order valence-electron chi connectivity index (χ4n) is 2.09. The molecule has 0 radical (unpaired) electrons. The molecule has 0 aliphatic carbocycles. The zero-order valence-electron chi connectivity index (χ0n) is 12.6. The number of methoxy groups -OCH3 is 1. The zero-order valence-corrected chi connectivity index (χ0v) is 13.3. The third-order valence-corrected chi connectivity index (χ3v) is 3.61. The van der Waals surface area contributed by atoms with Crippen LogP contribution < -0.4 is 10.1 Å². The van der Waals surface area contributed by atoms with Crippen molar-refractivity contribution < 1.29 is 14.5 Å². The van der Waals surface area contributed by atoms with Gasteiger partial charge in [-0.1, -0.05) is 23.7 Å². The molecule has 0 heterocycles. The molecule has 6 nitrogen and oxygen atoms in total. The minimum absolute atomic E-state index is 0.109. The van der Waals surface area contributed by atoms with E-state index < -0.39 is 10.8 Å². The summed E-state index contributed by atoms with van der Waals surface area (Å²) in [6.07, 6.45) is 0. The maximum absolute atomic E-state index is 12.3. The SMILES string of the molecule is COc1ccc(C(=O)N[C@@H](C)c2ccc(Cl)cc2)cc1[N+](=O)[O-]. The fourth-order valence-corrected chi connectivity index (χ4v) is 2.21. The largest absolute Gasteiger partial charge is 0.490 e. The first-order valence-electron chi connectivity index (χ1n) is 6.81. The Kier molecular flexibility index (Phi) is 5.18. The lowest BCUT2D eigenvalue weighted by atomic mass is 10.1. The molecule has 0 spiro atoms. The predicted molar refractivity (Wildman–Crippen MR) is 87.0 cm³/mol. The summed E-state index contributed by atoms with van der Waals surface area (Å²) in [6, 6.07) is 10.9. The number of carbonyl (C=O) groups is 1. The molecular formula is C16H15ClN2O4. The van der Waals surface area contributed by atoms with Crippen molar-refractivity contribution in [2.45, 2.75) is 13.0 Å². The van der Waals surface area contributed by atoms with E-state index in [0.717, 1.165) is 5.56 Å². The summed E-state index contributed by atoms with van der Waals surface area (Å²) in [5.74, 6) is -0.296. The first kappa shape index (κ1) is 16.8. The minimum Gasteiger partial charge on any atom is -0.490 e. The van der Waals surface area contributed by atoms with Crippen molar-refractivity contribution in [2.24, 2.45) is 0 Å². The number of nitro groups is 1. The molecule has 0 aromatic heterocycles. The van der Waals surface area contributed by atoms with E-state index >= 15 is 0 Å². The third-order valence-electron chi connectivity index (χ3n) is 3.36. The average molecular weight is 335 g/mol. The number of hydrogen-bond acceptors (Lipinski definition) is 4. The Morgan fingerprint density at radius 3 is 2.48 bits per heavy atom. The normalized spacial score (nSPS) is 11.6. The van der Waals surface area contributed by atoms with Crippen LogP contribution in [-0.2, 0) is 0 Å². The number of carbonyl (C=O) groups excluding carboxylic acids is 1. The standard InChI is InChI=1S/C16H15ClN2O4/c1-10(11-3-6-13(17)7-4-11)18-16(20)12-5-8-15(23-2)14(9-12)19(21)22/h3-10H,1-2H3,(H,18,20)/t10-/m0/s1. The van der Waals surface area contributed by atoms with Crippen LogP contribution in [0.1, 0.15) is 28.9 Å². The Balaban J connectivity index is 2.18. The minimum atomic E-state index is -0.585. The second-order valence-electron chi connectivity index (χ2n) is 4.89. The van der Waals surface area contributed by atoms with E-state index in [1.165, 1.54) is 25.3 Å². The number of benzene rings is 2. The molecule has 23 heavy (non-hydrogen) atoms. The van der Waals surface area contributed by atoms with Crippen molar-refractivity contribution in [3.8, 4) is 5.75 Å². The molecule has 1 amide bonds. The highest BCUT2D eigenvalue weighted by Gasteiger charge is 2.19. The predicted octanol–water partition coefficient (Wildman–Crippen LogP) is 3.75. The molecule has 0 aliphatic rings. The van der Waals surface area contributed by atoms with Gasteiger partial charge in [-0.2, -0.15) is 0 Å². The zero-order chi connectivity index (χ0) is 17.0. The van der Waals surface area contributed by atoms with Gasteiger partial charge in [-0.3, -0.25) is 14.9 Å². The number of hydrogen-bond donors (Lipinski definition) is 1. The Morgan fingerprint density at radius 2 is 1.91 bits per heavy atom. The molecule has 0 aliphatic heterocycles. The lowest BCUT2D eigenvalue weighted by molar-refractivity contribution is -0.385. The fraction of sp³-hybridized carbons (Fsp3) is 0.188. The van der Waals surface area contributed by atoms with Crippen molar-refractivity contribution in [1.29, 1.82) is 0 Å². The second-order valence-corrected chi connectivity index (χ2v) is 5.33. The van der Waals surface area contributed by atoms with Crippen LogP contribution in [0.4, 0.5) is 5.69 Å². The van der Waals surface area contributed by atoms with Crippen LogP contribution in [0, 0.1) is 10.1 Å². The van der Waals surface area contributed by atoms with Crippen molar-refractivity contribution in [3.63, 3.8) is 0 Å². The van der Waals surface area contributed by atoms with Crippen molar-refractivity contribution in [3.05, 3.63) is 68.7 Å². The highest BCUT2D eigenvalue weighted by molar-refractivity contribution is 6.30. The van der Waals surface area contributed by atoms with E-state index in [4.69, 9.17) is 16.3 Å². The highest BCUT2D eigenvalue weighted by Crippen LogP contribution is 2.27. The van der Waals surface area contributed by atoms with E-state index in [9.17, 15) is 14.9 Å². The second kappa shape index (κ2) is 7.11. The molecule has 7 heteroatoms. The highest BCUT2D eigenvalue weighted by atomic mass is 35.5. The van der Waals surface area contributed by atoms with Crippen LogP contribution in [0.25, 0.3) is 0 Å². The van der Waals surface area contributed by atoms with Crippen LogP contribution in [0.3, 0.4) is 0 Å². The molecule has 0 unspecified atom stereocenters. The van der Waals surface area contributed by atoms with E-state index in [1.54, 1.807) is 12.1 Å². The van der Waals surface area contributed by atoms with E-state index in [-0.39, 0.29) is 23.0 Å². The number of amides is 1. The number of nitrogens with one attached hydrogen (secondary N) is 1. The van der Waals surface area contributed by atoms with Gasteiger partial charge in [0, 0.05) is 16.7 Å². The molecule has 2 aromatic rings. The summed E-state index contributed by atoms with van der Waals surface area (Å²) in [5, 5.41) is 14.4. The molecule has 2 rings (SSSR count). The third kappa shape index (κ3) is 3.98. The molecule has 2 aromatic carbocycles. The van der Waals surface area contributed by atoms with Gasteiger partial charge >= 0.3 is 5.69 Å². The number of halogens is 1. The van der Waals surface area contributed by atoms with Gasteiger partial charge in [0.05, 0.1) is 18.1 Å². The van der Waals surface area contributed by atoms with Gasteiger partial charge in [-0.05, 0) is 36.8 Å². The number of ether oxygens (including phenoxy) is 1. The molecule has 0 saturated heterocycles. The first-order chi connectivity index (χ1) is 10.9. The Morgan fingerprint density at radius 1 is 1.26 bits per heavy atom. The van der Waals surface area contributed by atoms with Gasteiger partial charge in [0.2, 0.25) is 0 Å². The van der Waals surface area contributed by atoms with E-state index in [0.29, 0.717) is 5.02 Å². The molecule has 0 saturated carbocycles. The number of nitro benzene ring substituents is 1.